The van der Waals surface area contributed by atoms with Gasteiger partial charge in [-0.3, -0.25) is 9.59 Å². The molecule has 2 aromatic rings. The number of ether oxygens (including phenoxy) is 2. The zero-order valence-corrected chi connectivity index (χ0v) is 16.6. The standard InChI is InChI=1S/C21H26N2O5/c1-14(2)10-16(21(26)27-4)22-20(25)17-11-18(24)19(12-23(17)3)28-13-15-8-6-5-7-9-15/h5-9,11-12,14,16H,10,13H2,1-4H3,(H,22,25)/t16-/m0/s1. The predicted molar refractivity (Wildman–Crippen MR) is 105 cm³/mol. The molecular formula is C21H26N2O5. The predicted octanol–water partition coefficient (Wildman–Crippen LogP) is 2.28. The van der Waals surface area contributed by atoms with Crippen molar-refractivity contribution in [3.05, 3.63) is 64.1 Å². The van der Waals surface area contributed by atoms with Gasteiger partial charge in [0.15, 0.2) is 5.75 Å². The fourth-order valence-corrected chi connectivity index (χ4v) is 2.74. The molecule has 0 radical (unpaired) electrons. The van der Waals surface area contributed by atoms with Crippen LogP contribution in [0.3, 0.4) is 0 Å². The molecule has 0 unspecified atom stereocenters. The van der Waals surface area contributed by atoms with Crippen molar-refractivity contribution in [2.75, 3.05) is 7.11 Å². The molecule has 1 N–H and O–H groups in total. The molecule has 0 fully saturated rings. The van der Waals surface area contributed by atoms with Crippen LogP contribution in [0.5, 0.6) is 5.75 Å². The molecule has 2 rings (SSSR count). The van der Waals surface area contributed by atoms with Crippen LogP contribution in [0.25, 0.3) is 0 Å². The van der Waals surface area contributed by atoms with Gasteiger partial charge in [-0.15, -0.1) is 0 Å². The second kappa shape index (κ2) is 9.73. The van der Waals surface area contributed by atoms with E-state index in [-0.39, 0.29) is 24.0 Å². The van der Waals surface area contributed by atoms with E-state index in [1.807, 2.05) is 44.2 Å². The van der Waals surface area contributed by atoms with Crippen molar-refractivity contribution in [3.8, 4) is 5.75 Å². The van der Waals surface area contributed by atoms with Crippen LogP contribution in [0.1, 0.15) is 36.3 Å². The Hall–Kier alpha value is -3.09. The van der Waals surface area contributed by atoms with E-state index >= 15 is 0 Å². The smallest absolute Gasteiger partial charge is 0.328 e. The summed E-state index contributed by atoms with van der Waals surface area (Å²) in [6.45, 7) is 4.13. The first-order chi connectivity index (χ1) is 13.3. The molecule has 1 aromatic carbocycles. The van der Waals surface area contributed by atoms with Gasteiger partial charge < -0.3 is 19.4 Å². The maximum atomic E-state index is 12.6. The van der Waals surface area contributed by atoms with E-state index in [4.69, 9.17) is 9.47 Å². The maximum absolute atomic E-state index is 12.6. The molecule has 1 amide bonds. The Morgan fingerprint density at radius 2 is 1.86 bits per heavy atom. The molecule has 0 saturated heterocycles. The largest absolute Gasteiger partial charge is 0.483 e. The van der Waals surface area contributed by atoms with Crippen LogP contribution in [0.15, 0.2) is 47.4 Å². The van der Waals surface area contributed by atoms with Crippen molar-refractivity contribution < 1.29 is 19.1 Å². The third-order valence-electron chi connectivity index (χ3n) is 4.17. The van der Waals surface area contributed by atoms with Crippen LogP contribution in [-0.4, -0.2) is 29.6 Å². The Morgan fingerprint density at radius 3 is 2.46 bits per heavy atom. The van der Waals surface area contributed by atoms with Gasteiger partial charge in [-0.25, -0.2) is 4.79 Å². The summed E-state index contributed by atoms with van der Waals surface area (Å²) in [6.07, 6.45) is 1.90. The van der Waals surface area contributed by atoms with Gasteiger partial charge in [-0.05, 0) is 17.9 Å². The van der Waals surface area contributed by atoms with E-state index in [0.29, 0.717) is 6.42 Å². The van der Waals surface area contributed by atoms with Crippen LogP contribution in [0.2, 0.25) is 0 Å². The van der Waals surface area contributed by atoms with E-state index in [1.54, 1.807) is 7.05 Å². The summed E-state index contributed by atoms with van der Waals surface area (Å²) in [5, 5.41) is 2.65. The molecule has 0 aliphatic rings. The van der Waals surface area contributed by atoms with Gasteiger partial charge in [0.25, 0.3) is 5.91 Å². The normalized spacial score (nSPS) is 11.8. The fourth-order valence-electron chi connectivity index (χ4n) is 2.74. The second-order valence-electron chi connectivity index (χ2n) is 6.95. The number of carbonyl (C=O) groups is 2. The zero-order chi connectivity index (χ0) is 20.7. The van der Waals surface area contributed by atoms with E-state index in [0.717, 1.165) is 5.56 Å². The number of benzene rings is 1. The highest BCUT2D eigenvalue weighted by molar-refractivity contribution is 5.95. The summed E-state index contributed by atoms with van der Waals surface area (Å²) in [5.41, 5.74) is 0.661. The number of amides is 1. The minimum absolute atomic E-state index is 0.134. The Kier molecular flexibility index (Phi) is 7.37. The minimum atomic E-state index is -0.776. The number of aromatic nitrogens is 1. The average molecular weight is 386 g/mol. The van der Waals surface area contributed by atoms with Gasteiger partial charge >= 0.3 is 5.97 Å². The lowest BCUT2D eigenvalue weighted by molar-refractivity contribution is -0.143. The van der Waals surface area contributed by atoms with Crippen molar-refractivity contribution in [2.24, 2.45) is 13.0 Å². The van der Waals surface area contributed by atoms with Gasteiger partial charge in [0, 0.05) is 13.1 Å². The van der Waals surface area contributed by atoms with Crippen LogP contribution >= 0.6 is 0 Å². The molecule has 28 heavy (non-hydrogen) atoms. The first-order valence-electron chi connectivity index (χ1n) is 9.08. The SMILES string of the molecule is COC(=O)[C@H](CC(C)C)NC(=O)c1cc(=O)c(OCc2ccccc2)cn1C. The average Bonchev–Trinajstić information content (AvgIpc) is 2.67. The van der Waals surface area contributed by atoms with Crippen molar-refractivity contribution >= 4 is 11.9 Å². The molecule has 7 nitrogen and oxygen atoms in total. The molecule has 0 saturated carbocycles. The number of methoxy groups -OCH3 is 1. The molecule has 7 heteroatoms. The fraction of sp³-hybridized carbons (Fsp3) is 0.381. The van der Waals surface area contributed by atoms with E-state index in [1.165, 1.54) is 23.9 Å². The highest BCUT2D eigenvalue weighted by atomic mass is 16.5. The third kappa shape index (κ3) is 5.70. The number of aryl methyl sites for hydroxylation is 1. The number of hydrogen-bond donors (Lipinski definition) is 1. The number of pyridine rings is 1. The quantitative estimate of drug-likeness (QED) is 0.704. The number of rotatable bonds is 8. The monoisotopic (exact) mass is 386 g/mol. The summed E-state index contributed by atoms with van der Waals surface area (Å²) in [7, 11) is 2.91. The minimum Gasteiger partial charge on any atom is -0.483 e. The number of hydrogen-bond acceptors (Lipinski definition) is 5. The highest BCUT2D eigenvalue weighted by Gasteiger charge is 2.24. The van der Waals surface area contributed by atoms with Gasteiger partial charge in [0.1, 0.15) is 18.3 Å². The van der Waals surface area contributed by atoms with Crippen molar-refractivity contribution in [1.82, 2.24) is 9.88 Å². The molecule has 1 atom stereocenters. The maximum Gasteiger partial charge on any atom is 0.328 e. The van der Waals surface area contributed by atoms with Gasteiger partial charge in [0.05, 0.1) is 13.3 Å². The van der Waals surface area contributed by atoms with Crippen molar-refractivity contribution in [1.29, 1.82) is 0 Å². The third-order valence-corrected chi connectivity index (χ3v) is 4.17. The molecule has 1 heterocycles. The summed E-state index contributed by atoms with van der Waals surface area (Å²) >= 11 is 0. The Balaban J connectivity index is 2.15. The number of carbonyl (C=O) groups excluding carboxylic acids is 2. The van der Waals surface area contributed by atoms with Gasteiger partial charge in [-0.1, -0.05) is 44.2 Å². The van der Waals surface area contributed by atoms with Crippen molar-refractivity contribution in [2.45, 2.75) is 32.9 Å². The molecular weight excluding hydrogens is 360 g/mol. The molecule has 0 aliphatic carbocycles. The lowest BCUT2D eigenvalue weighted by atomic mass is 10.0. The molecule has 150 valence electrons. The van der Waals surface area contributed by atoms with Crippen molar-refractivity contribution in [3.63, 3.8) is 0 Å². The van der Waals surface area contributed by atoms with E-state index < -0.39 is 23.3 Å². The van der Waals surface area contributed by atoms with Crippen LogP contribution in [0.4, 0.5) is 0 Å². The topological polar surface area (TPSA) is 86.6 Å². The molecule has 1 aromatic heterocycles. The Morgan fingerprint density at radius 1 is 1.18 bits per heavy atom. The zero-order valence-electron chi connectivity index (χ0n) is 16.6. The Labute approximate surface area is 164 Å². The van der Waals surface area contributed by atoms with Gasteiger partial charge in [0.2, 0.25) is 5.43 Å². The van der Waals surface area contributed by atoms with Crippen LogP contribution in [-0.2, 0) is 23.2 Å². The highest BCUT2D eigenvalue weighted by Crippen LogP contribution is 2.11. The summed E-state index contributed by atoms with van der Waals surface area (Å²) in [5.74, 6) is -0.711. The summed E-state index contributed by atoms with van der Waals surface area (Å²) < 4.78 is 11.8. The molecule has 0 spiro atoms. The van der Waals surface area contributed by atoms with Crippen LogP contribution < -0.4 is 15.5 Å². The van der Waals surface area contributed by atoms with Gasteiger partial charge in [-0.2, -0.15) is 0 Å². The summed E-state index contributed by atoms with van der Waals surface area (Å²) in [4.78, 5) is 36.9. The molecule has 0 bridgehead atoms. The first-order valence-corrected chi connectivity index (χ1v) is 9.08. The number of nitrogens with one attached hydrogen (secondary N) is 1. The second-order valence-corrected chi connectivity index (χ2v) is 6.95. The van der Waals surface area contributed by atoms with E-state index in [2.05, 4.69) is 5.32 Å². The first kappa shape index (κ1) is 21.2. The summed E-state index contributed by atoms with van der Waals surface area (Å²) in [6, 6.07) is 9.90. The number of nitrogens with zero attached hydrogens (tertiary/aromatic N) is 1. The van der Waals surface area contributed by atoms with E-state index in [9.17, 15) is 14.4 Å². The van der Waals surface area contributed by atoms with Crippen LogP contribution in [0, 0.1) is 5.92 Å². The molecule has 0 aliphatic heterocycles. The lowest BCUT2D eigenvalue weighted by Crippen LogP contribution is -2.43. The lowest BCUT2D eigenvalue weighted by Gasteiger charge is -2.19. The number of esters is 1. The Bertz CT molecular complexity index is 874.